The van der Waals surface area contributed by atoms with E-state index in [0.717, 1.165) is 6.07 Å². The molecule has 0 unspecified atom stereocenters. The van der Waals surface area contributed by atoms with Crippen molar-refractivity contribution in [3.63, 3.8) is 0 Å². The molecule has 0 amide bonds. The van der Waals surface area contributed by atoms with Gasteiger partial charge in [-0.25, -0.2) is 14.2 Å². The number of ether oxygens (including phenoxy) is 1. The lowest BCUT2D eigenvalue weighted by Crippen LogP contribution is -2.33. The molecule has 1 heterocycles. The highest BCUT2D eigenvalue weighted by Crippen LogP contribution is 2.23. The number of Topliss-reactive ketones (excluding diaryl/α,β-unsaturated/α-hetero) is 1. The third-order valence-electron chi connectivity index (χ3n) is 2.52. The number of pyridine rings is 1. The lowest BCUT2D eigenvalue weighted by molar-refractivity contribution is -0.138. The molecule has 0 bridgehead atoms. The van der Waals surface area contributed by atoms with Gasteiger partial charge in [0, 0.05) is 11.7 Å². The Labute approximate surface area is 143 Å². The van der Waals surface area contributed by atoms with Crippen LogP contribution in [0.25, 0.3) is 0 Å². The van der Waals surface area contributed by atoms with Crippen LogP contribution in [0.15, 0.2) is 17.8 Å². The van der Waals surface area contributed by atoms with E-state index in [4.69, 9.17) is 27.9 Å². The summed E-state index contributed by atoms with van der Waals surface area (Å²) in [6.45, 7) is 7.21. The highest BCUT2D eigenvalue weighted by Gasteiger charge is 2.26. The Bertz CT molecular complexity index is 655. The summed E-state index contributed by atoms with van der Waals surface area (Å²) in [5, 5.41) is 2.13. The Morgan fingerprint density at radius 2 is 1.96 bits per heavy atom. The number of ketones is 1. The molecule has 0 radical (unpaired) electrons. The van der Waals surface area contributed by atoms with E-state index in [9.17, 15) is 14.0 Å². The van der Waals surface area contributed by atoms with Crippen molar-refractivity contribution in [3.05, 3.63) is 39.5 Å². The number of nitrogens with zero attached hydrogens (tertiary/aromatic N) is 1. The summed E-state index contributed by atoms with van der Waals surface area (Å²) >= 11 is 11.3. The molecule has 1 rings (SSSR count). The number of halogens is 3. The second-order valence-corrected chi connectivity index (χ2v) is 6.32. The highest BCUT2D eigenvalue weighted by atomic mass is 35.5. The van der Waals surface area contributed by atoms with Gasteiger partial charge in [0.05, 0.1) is 12.2 Å². The number of carbonyl (C=O) groups is 2. The van der Waals surface area contributed by atoms with E-state index in [2.05, 4.69) is 10.3 Å². The fourth-order valence-electron chi connectivity index (χ4n) is 1.46. The summed E-state index contributed by atoms with van der Waals surface area (Å²) in [6, 6.07) is 0.837. The van der Waals surface area contributed by atoms with Crippen LogP contribution < -0.4 is 5.32 Å². The quantitative estimate of drug-likeness (QED) is 0.216. The van der Waals surface area contributed by atoms with E-state index in [1.54, 1.807) is 6.92 Å². The van der Waals surface area contributed by atoms with E-state index >= 15 is 0 Å². The first-order valence-corrected chi connectivity index (χ1v) is 7.53. The first kappa shape index (κ1) is 19.4. The largest absolute Gasteiger partial charge is 0.462 e. The second kappa shape index (κ2) is 7.75. The van der Waals surface area contributed by atoms with Crippen LogP contribution in [0.2, 0.25) is 10.3 Å². The van der Waals surface area contributed by atoms with Crippen LogP contribution >= 0.6 is 23.2 Å². The summed E-state index contributed by atoms with van der Waals surface area (Å²) in [4.78, 5) is 28.0. The molecule has 0 saturated carbocycles. The number of rotatable bonds is 5. The predicted octanol–water partition coefficient (Wildman–Crippen LogP) is 3.55. The van der Waals surface area contributed by atoms with Gasteiger partial charge in [0.15, 0.2) is 11.0 Å². The maximum atomic E-state index is 13.6. The molecule has 0 fully saturated rings. The molecule has 8 heteroatoms. The lowest BCUT2D eigenvalue weighted by Gasteiger charge is -2.19. The minimum Gasteiger partial charge on any atom is -0.462 e. The summed E-state index contributed by atoms with van der Waals surface area (Å²) < 4.78 is 18.4. The molecule has 0 atom stereocenters. The molecule has 126 valence electrons. The summed E-state index contributed by atoms with van der Waals surface area (Å²) in [5.74, 6) is -2.57. The molecule has 1 aromatic heterocycles. The Morgan fingerprint density at radius 1 is 1.35 bits per heavy atom. The Balaban J connectivity index is 3.29. The number of carbonyl (C=O) groups excluding carboxylic acids is 2. The highest BCUT2D eigenvalue weighted by molar-refractivity contribution is 6.37. The van der Waals surface area contributed by atoms with E-state index in [-0.39, 0.29) is 22.9 Å². The number of aromatic nitrogens is 1. The molecule has 0 aliphatic rings. The molecule has 0 spiro atoms. The zero-order valence-electron chi connectivity index (χ0n) is 13.2. The van der Waals surface area contributed by atoms with Gasteiger partial charge in [-0.2, -0.15) is 0 Å². The standard InChI is InChI=1S/C15H17Cl2FN2O3/c1-5-23-14(22)9(7-19-15(2,3)4)11(21)8-6-10(18)13(17)20-12(8)16/h6-7,19H,5H2,1-4H3. The van der Waals surface area contributed by atoms with Crippen molar-refractivity contribution < 1.29 is 18.7 Å². The van der Waals surface area contributed by atoms with Crippen LogP contribution in [-0.4, -0.2) is 28.9 Å². The van der Waals surface area contributed by atoms with Crippen LogP contribution in [0.5, 0.6) is 0 Å². The van der Waals surface area contributed by atoms with E-state index in [1.807, 2.05) is 20.8 Å². The third kappa shape index (κ3) is 5.48. The molecule has 0 aromatic carbocycles. The maximum absolute atomic E-state index is 13.6. The lowest BCUT2D eigenvalue weighted by atomic mass is 10.0. The summed E-state index contributed by atoms with van der Waals surface area (Å²) in [5.41, 5.74) is -0.985. The fourth-order valence-corrected chi connectivity index (χ4v) is 1.87. The van der Waals surface area contributed by atoms with Crippen molar-refractivity contribution in [3.8, 4) is 0 Å². The minimum absolute atomic E-state index is 0.0833. The Morgan fingerprint density at radius 3 is 2.48 bits per heavy atom. The van der Waals surface area contributed by atoms with Crippen LogP contribution in [0.4, 0.5) is 4.39 Å². The van der Waals surface area contributed by atoms with Crippen molar-refractivity contribution in [1.82, 2.24) is 10.3 Å². The molecule has 0 saturated heterocycles. The molecular weight excluding hydrogens is 346 g/mol. The zero-order valence-corrected chi connectivity index (χ0v) is 14.7. The average Bonchev–Trinajstić information content (AvgIpc) is 2.41. The summed E-state index contributed by atoms with van der Waals surface area (Å²) in [7, 11) is 0. The SMILES string of the molecule is CCOC(=O)C(=CNC(C)(C)C)C(=O)c1cc(F)c(Cl)nc1Cl. The van der Waals surface area contributed by atoms with Crippen molar-refractivity contribution >= 4 is 35.0 Å². The number of esters is 1. The molecule has 0 aliphatic carbocycles. The van der Waals surface area contributed by atoms with Gasteiger partial charge in [0.25, 0.3) is 0 Å². The maximum Gasteiger partial charge on any atom is 0.343 e. The first-order chi connectivity index (χ1) is 10.6. The Kier molecular flexibility index (Phi) is 6.53. The van der Waals surface area contributed by atoms with Gasteiger partial charge in [-0.15, -0.1) is 0 Å². The van der Waals surface area contributed by atoms with Gasteiger partial charge in [-0.3, -0.25) is 4.79 Å². The molecule has 23 heavy (non-hydrogen) atoms. The minimum atomic E-state index is -0.911. The predicted molar refractivity (Wildman–Crippen MR) is 86.2 cm³/mol. The normalized spacial score (nSPS) is 12.0. The van der Waals surface area contributed by atoms with Crippen molar-refractivity contribution in [1.29, 1.82) is 0 Å². The van der Waals surface area contributed by atoms with E-state index in [1.165, 1.54) is 6.20 Å². The first-order valence-electron chi connectivity index (χ1n) is 6.78. The molecule has 5 nitrogen and oxygen atoms in total. The number of nitrogens with one attached hydrogen (secondary N) is 1. The van der Waals surface area contributed by atoms with Gasteiger partial charge >= 0.3 is 5.97 Å². The van der Waals surface area contributed by atoms with Gasteiger partial charge in [0.1, 0.15) is 10.7 Å². The van der Waals surface area contributed by atoms with Gasteiger partial charge < -0.3 is 10.1 Å². The third-order valence-corrected chi connectivity index (χ3v) is 3.07. The smallest absolute Gasteiger partial charge is 0.343 e. The topological polar surface area (TPSA) is 68.3 Å². The molecule has 1 N–H and O–H groups in total. The van der Waals surface area contributed by atoms with E-state index in [0.29, 0.717) is 0 Å². The average molecular weight is 363 g/mol. The van der Waals surface area contributed by atoms with Crippen LogP contribution in [0.3, 0.4) is 0 Å². The second-order valence-electron chi connectivity index (χ2n) is 5.60. The summed E-state index contributed by atoms with van der Waals surface area (Å²) in [6.07, 6.45) is 1.23. The van der Waals surface area contributed by atoms with Crippen molar-refractivity contribution in [2.75, 3.05) is 6.61 Å². The molecule has 1 aromatic rings. The van der Waals surface area contributed by atoms with E-state index < -0.39 is 28.3 Å². The van der Waals surface area contributed by atoms with Gasteiger partial charge in [-0.05, 0) is 33.8 Å². The number of hydrogen-bond acceptors (Lipinski definition) is 5. The van der Waals surface area contributed by atoms with Gasteiger partial charge in [0.2, 0.25) is 5.78 Å². The fraction of sp³-hybridized carbons (Fsp3) is 0.400. The Hall–Kier alpha value is -1.66. The molecule has 0 aliphatic heterocycles. The number of hydrogen-bond donors (Lipinski definition) is 1. The van der Waals surface area contributed by atoms with Crippen molar-refractivity contribution in [2.24, 2.45) is 0 Å². The zero-order chi connectivity index (χ0) is 17.8. The van der Waals surface area contributed by atoms with Crippen LogP contribution in [0.1, 0.15) is 38.1 Å². The van der Waals surface area contributed by atoms with Crippen molar-refractivity contribution in [2.45, 2.75) is 33.2 Å². The molecular formula is C15H17Cl2FN2O3. The van der Waals surface area contributed by atoms with Crippen LogP contribution in [-0.2, 0) is 9.53 Å². The van der Waals surface area contributed by atoms with Crippen LogP contribution in [0, 0.1) is 5.82 Å². The monoisotopic (exact) mass is 362 g/mol. The van der Waals surface area contributed by atoms with Gasteiger partial charge in [-0.1, -0.05) is 23.2 Å².